The monoisotopic (exact) mass is 423 g/mol. The lowest BCUT2D eigenvalue weighted by molar-refractivity contribution is -0.526. The summed E-state index contributed by atoms with van der Waals surface area (Å²) in [6, 6.07) is 16.4. The Hall–Kier alpha value is -4.28. The molecule has 0 atom stereocenters. The van der Waals surface area contributed by atoms with Gasteiger partial charge < -0.3 is 9.88 Å². The molecule has 2 aromatic carbocycles. The maximum absolute atomic E-state index is 12.2. The number of hydrazine groups is 1. The molecule has 1 aliphatic rings. The van der Waals surface area contributed by atoms with Crippen molar-refractivity contribution in [3.8, 4) is 11.3 Å². The molecule has 0 bridgehead atoms. The van der Waals surface area contributed by atoms with Crippen molar-refractivity contribution in [2.75, 3.05) is 13.6 Å². The maximum Gasteiger partial charge on any atom is 0.276 e. The molecule has 160 valence electrons. The average molecular weight is 423 g/mol. The van der Waals surface area contributed by atoms with Gasteiger partial charge in [0.1, 0.15) is 0 Å². The number of carbonyl (C=O) groups is 1. The molecule has 0 radical (unpaired) electrons. The summed E-state index contributed by atoms with van der Waals surface area (Å²) in [5.74, 6) is -0.649. The normalized spacial score (nSPS) is 12.1. The van der Waals surface area contributed by atoms with Gasteiger partial charge in [-0.1, -0.05) is 41.8 Å². The summed E-state index contributed by atoms with van der Waals surface area (Å²) in [6.07, 6.45) is 0.865. The first-order valence-electron chi connectivity index (χ1n) is 9.35. The summed E-state index contributed by atoms with van der Waals surface area (Å²) < 4.78 is 2.21. The Morgan fingerprint density at radius 2 is 1.97 bits per heavy atom. The van der Waals surface area contributed by atoms with Gasteiger partial charge in [-0.25, -0.2) is 10.1 Å². The number of rotatable bonds is 3. The van der Waals surface area contributed by atoms with E-state index in [1.54, 1.807) is 0 Å². The van der Waals surface area contributed by atoms with E-state index >= 15 is 0 Å². The fourth-order valence-electron chi connectivity index (χ4n) is 3.57. The molecule has 0 saturated carbocycles. The largest absolute Gasteiger partial charge is 0.352 e. The third kappa shape index (κ3) is 4.34. The molecule has 0 spiro atoms. The molecule has 11 heteroatoms. The predicted octanol–water partition coefficient (Wildman–Crippen LogP) is 2.45. The molecule has 0 fully saturated rings. The Morgan fingerprint density at radius 1 is 1.26 bits per heavy atom. The Balaban J connectivity index is 0.000000233. The van der Waals surface area contributed by atoms with Crippen LogP contribution >= 0.6 is 0 Å². The van der Waals surface area contributed by atoms with Gasteiger partial charge in [-0.05, 0) is 29.7 Å². The summed E-state index contributed by atoms with van der Waals surface area (Å²) in [5.41, 5.74) is 7.03. The predicted molar refractivity (Wildman–Crippen MR) is 116 cm³/mol. The van der Waals surface area contributed by atoms with E-state index in [9.17, 15) is 19.8 Å². The van der Waals surface area contributed by atoms with Crippen LogP contribution in [0.3, 0.4) is 0 Å². The highest BCUT2D eigenvalue weighted by molar-refractivity contribution is 6.10. The minimum Gasteiger partial charge on any atom is -0.352 e. The summed E-state index contributed by atoms with van der Waals surface area (Å²) in [4.78, 5) is 31.4. The molecule has 0 saturated heterocycles. The minimum absolute atomic E-state index is 0.0320. The molecule has 4 rings (SSSR count). The lowest BCUT2D eigenvalue weighted by Gasteiger charge is -2.08. The van der Waals surface area contributed by atoms with Gasteiger partial charge in [0.15, 0.2) is 5.03 Å². The average Bonchev–Trinajstić information content (AvgIpc) is 2.94. The van der Waals surface area contributed by atoms with E-state index < -0.39 is 11.0 Å². The van der Waals surface area contributed by atoms with Gasteiger partial charge in [-0.15, -0.1) is 4.91 Å². The number of guanidine groups is 1. The van der Waals surface area contributed by atoms with E-state index in [0.29, 0.717) is 11.6 Å². The van der Waals surface area contributed by atoms with Gasteiger partial charge in [0.2, 0.25) is 0 Å². The van der Waals surface area contributed by atoms with E-state index in [0.717, 1.165) is 29.9 Å². The smallest absolute Gasteiger partial charge is 0.276 e. The molecule has 1 aliphatic heterocycles. The van der Waals surface area contributed by atoms with Crippen LogP contribution in [0.25, 0.3) is 22.2 Å². The van der Waals surface area contributed by atoms with E-state index in [-0.39, 0.29) is 5.91 Å². The van der Waals surface area contributed by atoms with E-state index in [2.05, 4.69) is 52.5 Å². The lowest BCUT2D eigenvalue weighted by Crippen LogP contribution is -2.38. The van der Waals surface area contributed by atoms with Gasteiger partial charge in [-0.3, -0.25) is 10.2 Å². The highest BCUT2D eigenvalue weighted by Gasteiger charge is 2.23. The first-order chi connectivity index (χ1) is 14.8. The van der Waals surface area contributed by atoms with E-state index in [4.69, 9.17) is 5.41 Å². The molecule has 11 nitrogen and oxygen atoms in total. The van der Waals surface area contributed by atoms with E-state index in [1.165, 1.54) is 22.2 Å². The lowest BCUT2D eigenvalue weighted by atomic mass is 10.0. The van der Waals surface area contributed by atoms with Gasteiger partial charge in [-0.2, -0.15) is 5.01 Å². The van der Waals surface area contributed by atoms with Crippen molar-refractivity contribution in [1.29, 1.82) is 5.41 Å². The molecule has 0 unspecified atom stereocenters. The highest BCUT2D eigenvalue weighted by atomic mass is 16.7. The number of hydrogen-bond acceptors (Lipinski definition) is 6. The molecule has 3 N–H and O–H groups in total. The zero-order valence-electron chi connectivity index (χ0n) is 17.0. The van der Waals surface area contributed by atoms with Crippen molar-refractivity contribution >= 4 is 22.8 Å². The molecule has 2 heterocycles. The van der Waals surface area contributed by atoms with Crippen LogP contribution in [-0.2, 0) is 13.5 Å². The van der Waals surface area contributed by atoms with Crippen molar-refractivity contribution in [2.24, 2.45) is 12.3 Å². The van der Waals surface area contributed by atoms with Gasteiger partial charge >= 0.3 is 0 Å². The number of benzene rings is 2. The van der Waals surface area contributed by atoms with Crippen molar-refractivity contribution in [2.45, 2.75) is 6.42 Å². The van der Waals surface area contributed by atoms with E-state index in [1.807, 2.05) is 18.2 Å². The van der Waals surface area contributed by atoms with Crippen LogP contribution < -0.4 is 10.7 Å². The fraction of sp³-hybridized carbons (Fsp3) is 0.200. The zero-order valence-corrected chi connectivity index (χ0v) is 17.0. The number of nitrogens with zero attached hydrogens (tertiary/aromatic N) is 4. The minimum atomic E-state index is -0.954. The Labute approximate surface area is 177 Å². The summed E-state index contributed by atoms with van der Waals surface area (Å²) in [5, 5.41) is 22.2. The summed E-state index contributed by atoms with van der Waals surface area (Å²) in [7, 11) is 3.20. The number of hydrogen-bond donors (Lipinski definition) is 3. The first kappa shape index (κ1) is 21.4. The molecular formula is C20H21N7O4. The molecule has 1 amide bonds. The van der Waals surface area contributed by atoms with Crippen LogP contribution in [0.2, 0.25) is 0 Å². The van der Waals surface area contributed by atoms with Gasteiger partial charge in [0, 0.05) is 37.1 Å². The van der Waals surface area contributed by atoms with Crippen molar-refractivity contribution < 1.29 is 9.83 Å². The molecule has 1 aromatic heterocycles. The fourth-order valence-corrected chi connectivity index (χ4v) is 3.57. The maximum atomic E-state index is 12.2. The van der Waals surface area contributed by atoms with Crippen molar-refractivity contribution in [3.05, 3.63) is 74.7 Å². The second-order valence-corrected chi connectivity index (χ2v) is 6.78. The Bertz CT molecular complexity index is 1160. The quantitative estimate of drug-likeness (QED) is 0.194. The van der Waals surface area contributed by atoms with Crippen LogP contribution in [0, 0.1) is 20.4 Å². The number of aryl methyl sites for hydroxylation is 1. The van der Waals surface area contributed by atoms with Gasteiger partial charge in [0.05, 0.1) is 11.0 Å². The highest BCUT2D eigenvalue weighted by Crippen LogP contribution is 2.36. The van der Waals surface area contributed by atoms with Crippen LogP contribution in [-0.4, -0.2) is 40.1 Å². The number of nitroso groups, excluding NO2 is 1. The SMILES string of the molecule is CN(N=O)C(=N)N[N+](=O)[O-].Cn1c(-c2ccccc2)c2c3c(cccc31)C(=O)NCC2. The van der Waals surface area contributed by atoms with Crippen LogP contribution in [0.5, 0.6) is 0 Å². The zero-order chi connectivity index (χ0) is 22.5. The number of nitrogens with one attached hydrogen (secondary N) is 3. The third-order valence-electron chi connectivity index (χ3n) is 4.92. The summed E-state index contributed by atoms with van der Waals surface area (Å²) >= 11 is 0. The van der Waals surface area contributed by atoms with Crippen LogP contribution in [0.15, 0.2) is 53.8 Å². The molecule has 0 aliphatic carbocycles. The van der Waals surface area contributed by atoms with Crippen molar-refractivity contribution in [1.82, 2.24) is 20.3 Å². The number of carbonyl (C=O) groups excluding carboxylic acids is 1. The number of aromatic nitrogens is 1. The third-order valence-corrected chi connectivity index (χ3v) is 4.92. The standard InChI is InChI=1S/C18H16N2O.C2H5N5O3/c1-20-15-9-5-8-14-16(15)13(10-11-19-18(14)21)17(20)12-6-3-2-4-7-12;1-6(5-8)2(3)4-7(9)10/h2-9H,10-11H2,1H3,(H,19,21);1H3,(H2,3,4). The Kier molecular flexibility index (Phi) is 6.24. The second-order valence-electron chi connectivity index (χ2n) is 6.78. The number of amides is 1. The molecular weight excluding hydrogens is 402 g/mol. The first-order valence-corrected chi connectivity index (χ1v) is 9.35. The van der Waals surface area contributed by atoms with Gasteiger partial charge in [0.25, 0.3) is 11.9 Å². The second kappa shape index (κ2) is 9.03. The molecule has 3 aromatic rings. The van der Waals surface area contributed by atoms with Crippen LogP contribution in [0.4, 0.5) is 0 Å². The van der Waals surface area contributed by atoms with Crippen LogP contribution in [0.1, 0.15) is 15.9 Å². The van der Waals surface area contributed by atoms with Crippen molar-refractivity contribution in [3.63, 3.8) is 0 Å². The molecule has 31 heavy (non-hydrogen) atoms. The summed E-state index contributed by atoms with van der Waals surface area (Å²) in [6.45, 7) is 0.687. The topological polar surface area (TPSA) is 146 Å². The Morgan fingerprint density at radius 3 is 2.61 bits per heavy atom. The number of nitro groups is 1.